The van der Waals surface area contributed by atoms with Crippen molar-refractivity contribution in [2.75, 3.05) is 26.2 Å². The number of aliphatic hydroxyl groups excluding tert-OH is 1. The van der Waals surface area contributed by atoms with Crippen LogP contribution >= 0.6 is 0 Å². The Morgan fingerprint density at radius 1 is 0.914 bits per heavy atom. The number of carbonyl (C=O) groups is 1. The van der Waals surface area contributed by atoms with E-state index in [9.17, 15) is 9.90 Å². The van der Waals surface area contributed by atoms with Gasteiger partial charge in [-0.2, -0.15) is 0 Å². The molecule has 1 saturated heterocycles. The zero-order valence-electron chi connectivity index (χ0n) is 20.3. The number of esters is 1. The maximum Gasteiger partial charge on any atom is 0.303 e. The number of nitrogens with zero attached hydrogens (tertiary/aromatic N) is 1. The Bertz CT molecular complexity index is 988. The lowest BCUT2D eigenvalue weighted by Gasteiger charge is -2.37. The molecule has 5 nitrogen and oxygen atoms in total. The van der Waals surface area contributed by atoms with E-state index in [1.54, 1.807) is 0 Å². The third kappa shape index (κ3) is 7.25. The Hall–Kier alpha value is -2.99. The number of likely N-dealkylation sites (tertiary alicyclic amines) is 1. The molecule has 184 valence electrons. The first-order valence-electron chi connectivity index (χ1n) is 12.4. The van der Waals surface area contributed by atoms with E-state index in [4.69, 9.17) is 9.47 Å². The Balaban J connectivity index is 1.31. The van der Waals surface area contributed by atoms with Gasteiger partial charge in [-0.05, 0) is 42.0 Å². The van der Waals surface area contributed by atoms with Crippen molar-refractivity contribution < 1.29 is 19.4 Å². The van der Waals surface area contributed by atoms with E-state index in [-0.39, 0.29) is 24.1 Å². The average molecular weight is 474 g/mol. The Kier molecular flexibility index (Phi) is 9.07. The van der Waals surface area contributed by atoms with Gasteiger partial charge < -0.3 is 14.6 Å². The van der Waals surface area contributed by atoms with E-state index in [1.807, 2.05) is 66.7 Å². The smallest absolute Gasteiger partial charge is 0.303 e. The maximum atomic E-state index is 11.7. The van der Waals surface area contributed by atoms with Crippen LogP contribution in [0.4, 0.5) is 0 Å². The average Bonchev–Trinajstić information content (AvgIpc) is 2.88. The van der Waals surface area contributed by atoms with Gasteiger partial charge in [0.25, 0.3) is 0 Å². The van der Waals surface area contributed by atoms with Crippen molar-refractivity contribution in [2.45, 2.75) is 38.1 Å². The molecule has 1 aliphatic heterocycles. The van der Waals surface area contributed by atoms with E-state index in [0.29, 0.717) is 19.7 Å². The molecular weight excluding hydrogens is 438 g/mol. The Morgan fingerprint density at radius 3 is 1.97 bits per heavy atom. The number of β-amino-alcohol motifs (C(OH)–C–C–N with tert-alkyl or cyclic N) is 1. The van der Waals surface area contributed by atoms with Crippen molar-refractivity contribution >= 4 is 5.97 Å². The number of hydrogen-bond acceptors (Lipinski definition) is 5. The first kappa shape index (κ1) is 25.1. The lowest BCUT2D eigenvalue weighted by Crippen LogP contribution is -2.45. The molecule has 1 aliphatic rings. The molecule has 1 fully saturated rings. The van der Waals surface area contributed by atoms with Gasteiger partial charge in [0.1, 0.15) is 12.2 Å². The van der Waals surface area contributed by atoms with E-state index >= 15 is 0 Å². The second kappa shape index (κ2) is 12.6. The quantitative estimate of drug-likeness (QED) is 0.412. The van der Waals surface area contributed by atoms with Crippen LogP contribution in [-0.2, 0) is 14.3 Å². The molecule has 0 aliphatic carbocycles. The largest absolute Gasteiger partial charge is 0.456 e. The van der Waals surface area contributed by atoms with Gasteiger partial charge in [0.2, 0.25) is 0 Å². The molecule has 5 heteroatoms. The van der Waals surface area contributed by atoms with E-state index in [2.05, 4.69) is 29.2 Å². The molecule has 4 rings (SSSR count). The van der Waals surface area contributed by atoms with Gasteiger partial charge in [-0.15, -0.1) is 0 Å². The van der Waals surface area contributed by atoms with Crippen LogP contribution in [0.5, 0.6) is 0 Å². The summed E-state index contributed by atoms with van der Waals surface area (Å²) in [4.78, 5) is 13.9. The van der Waals surface area contributed by atoms with Gasteiger partial charge in [-0.1, -0.05) is 91.0 Å². The summed E-state index contributed by atoms with van der Waals surface area (Å²) in [6.07, 6.45) is 0.793. The molecule has 3 atom stereocenters. The summed E-state index contributed by atoms with van der Waals surface area (Å²) in [5, 5.41) is 10.9. The van der Waals surface area contributed by atoms with E-state index in [0.717, 1.165) is 36.1 Å². The minimum atomic E-state index is -0.437. The monoisotopic (exact) mass is 473 g/mol. The summed E-state index contributed by atoms with van der Waals surface area (Å²) in [5.41, 5.74) is 3.23. The summed E-state index contributed by atoms with van der Waals surface area (Å²) < 4.78 is 12.0. The van der Waals surface area contributed by atoms with Gasteiger partial charge in [0, 0.05) is 26.6 Å². The van der Waals surface area contributed by atoms with Crippen LogP contribution in [0.25, 0.3) is 0 Å². The van der Waals surface area contributed by atoms with Crippen LogP contribution in [0.1, 0.15) is 48.7 Å². The van der Waals surface area contributed by atoms with Crippen molar-refractivity contribution in [2.24, 2.45) is 5.92 Å². The highest BCUT2D eigenvalue weighted by Crippen LogP contribution is 2.29. The third-order valence-corrected chi connectivity index (χ3v) is 6.69. The number of piperidine rings is 1. The first-order chi connectivity index (χ1) is 17.1. The fraction of sp³-hybridized carbons (Fsp3) is 0.367. The van der Waals surface area contributed by atoms with Crippen LogP contribution in [0.2, 0.25) is 0 Å². The molecule has 1 heterocycles. The molecule has 0 amide bonds. The number of ether oxygens (including phenoxy) is 2. The van der Waals surface area contributed by atoms with E-state index < -0.39 is 6.10 Å². The lowest BCUT2D eigenvalue weighted by molar-refractivity contribution is -0.148. The minimum absolute atomic E-state index is 0.120. The zero-order chi connectivity index (χ0) is 24.5. The van der Waals surface area contributed by atoms with Crippen molar-refractivity contribution in [3.63, 3.8) is 0 Å². The topological polar surface area (TPSA) is 59.0 Å². The van der Waals surface area contributed by atoms with E-state index in [1.165, 1.54) is 6.92 Å². The summed E-state index contributed by atoms with van der Waals surface area (Å²) in [6, 6.07) is 30.3. The number of hydrogen-bond donors (Lipinski definition) is 1. The molecule has 0 bridgehead atoms. The molecule has 3 aromatic carbocycles. The van der Waals surface area contributed by atoms with Gasteiger partial charge >= 0.3 is 5.97 Å². The highest BCUT2D eigenvalue weighted by Gasteiger charge is 2.30. The van der Waals surface area contributed by atoms with Gasteiger partial charge in [0.05, 0.1) is 6.10 Å². The van der Waals surface area contributed by atoms with Gasteiger partial charge in [0.15, 0.2) is 0 Å². The summed E-state index contributed by atoms with van der Waals surface area (Å²) in [6.45, 7) is 4.02. The molecular formula is C30H35NO4. The second-order valence-electron chi connectivity index (χ2n) is 9.25. The zero-order valence-corrected chi connectivity index (χ0v) is 20.3. The highest BCUT2D eigenvalue weighted by molar-refractivity contribution is 5.66. The number of aliphatic hydroxyl groups is 1. The minimum Gasteiger partial charge on any atom is -0.456 e. The standard InChI is InChI=1S/C30H35NO4/c1-23(32)35-29(25-11-5-2-6-12-25)22-31-19-17-24(28(33)21-31)18-20-34-30(26-13-7-3-8-14-26)27-15-9-4-10-16-27/h2-16,24,28-30,33H,17-22H2,1H3/t24-,28+,29?/m1/s1. The molecule has 0 aromatic heterocycles. The molecule has 1 N–H and O–H groups in total. The predicted octanol–water partition coefficient (Wildman–Crippen LogP) is 5.17. The SMILES string of the molecule is CC(=O)OC(CN1CC[C@H](CCOC(c2ccccc2)c2ccccc2)[C@@H](O)C1)c1ccccc1. The summed E-state index contributed by atoms with van der Waals surface area (Å²) in [7, 11) is 0. The van der Waals surface area contributed by atoms with Crippen LogP contribution < -0.4 is 0 Å². The van der Waals surface area contributed by atoms with Gasteiger partial charge in [-0.25, -0.2) is 0 Å². The Morgan fingerprint density at radius 2 is 1.46 bits per heavy atom. The number of rotatable bonds is 10. The fourth-order valence-electron chi connectivity index (χ4n) is 4.84. The molecule has 0 spiro atoms. The normalized spacial score (nSPS) is 19.4. The van der Waals surface area contributed by atoms with Crippen molar-refractivity contribution in [3.05, 3.63) is 108 Å². The summed E-state index contributed by atoms with van der Waals surface area (Å²) >= 11 is 0. The molecule has 0 saturated carbocycles. The molecule has 1 unspecified atom stereocenters. The Labute approximate surface area is 208 Å². The van der Waals surface area contributed by atoms with Crippen molar-refractivity contribution in [3.8, 4) is 0 Å². The third-order valence-electron chi connectivity index (χ3n) is 6.69. The lowest BCUT2D eigenvalue weighted by atomic mass is 9.90. The van der Waals surface area contributed by atoms with Gasteiger partial charge in [-0.3, -0.25) is 9.69 Å². The van der Waals surface area contributed by atoms with Crippen LogP contribution in [0, 0.1) is 5.92 Å². The molecule has 3 aromatic rings. The fourth-order valence-corrected chi connectivity index (χ4v) is 4.84. The molecule has 0 radical (unpaired) electrons. The number of benzene rings is 3. The number of carbonyl (C=O) groups excluding carboxylic acids is 1. The second-order valence-corrected chi connectivity index (χ2v) is 9.25. The predicted molar refractivity (Wildman–Crippen MR) is 137 cm³/mol. The van der Waals surface area contributed by atoms with Crippen molar-refractivity contribution in [1.82, 2.24) is 4.90 Å². The summed E-state index contributed by atoms with van der Waals surface area (Å²) in [5.74, 6) is -0.111. The van der Waals surface area contributed by atoms with Crippen LogP contribution in [-0.4, -0.2) is 48.3 Å². The molecule has 35 heavy (non-hydrogen) atoms. The maximum absolute atomic E-state index is 11.7. The van der Waals surface area contributed by atoms with Crippen LogP contribution in [0.3, 0.4) is 0 Å². The first-order valence-corrected chi connectivity index (χ1v) is 12.4. The van der Waals surface area contributed by atoms with Crippen molar-refractivity contribution in [1.29, 1.82) is 0 Å². The highest BCUT2D eigenvalue weighted by atomic mass is 16.5. The van der Waals surface area contributed by atoms with Crippen LogP contribution in [0.15, 0.2) is 91.0 Å².